The quantitative estimate of drug-likeness (QED) is 0.735. The Bertz CT molecular complexity index is 861. The van der Waals surface area contributed by atoms with Crippen molar-refractivity contribution in [1.82, 2.24) is 4.98 Å². The largest absolute Gasteiger partial charge is 0.304 e. The molecule has 0 amide bonds. The number of benzene rings is 1. The third-order valence-corrected chi connectivity index (χ3v) is 5.96. The van der Waals surface area contributed by atoms with Crippen molar-refractivity contribution in [3.63, 3.8) is 0 Å². The highest BCUT2D eigenvalue weighted by Crippen LogP contribution is 2.34. The van der Waals surface area contributed by atoms with E-state index in [4.69, 9.17) is 4.55 Å². The van der Waals surface area contributed by atoms with Crippen LogP contribution in [0.3, 0.4) is 0 Å². The van der Waals surface area contributed by atoms with Crippen molar-refractivity contribution in [2.24, 2.45) is 0 Å². The molecule has 1 aromatic carbocycles. The van der Waals surface area contributed by atoms with Crippen molar-refractivity contribution in [2.75, 3.05) is 0 Å². The summed E-state index contributed by atoms with van der Waals surface area (Å²) in [4.78, 5) is 4.47. The van der Waals surface area contributed by atoms with Crippen molar-refractivity contribution in [1.29, 1.82) is 0 Å². The summed E-state index contributed by atoms with van der Waals surface area (Å²) in [5.74, 6) is 0. The average Bonchev–Trinajstić information content (AvgIpc) is 2.92. The lowest BCUT2D eigenvalue weighted by Crippen LogP contribution is -1.93. The molecule has 2 aromatic heterocycles. The van der Waals surface area contributed by atoms with Gasteiger partial charge in [-0.05, 0) is 30.7 Å². The van der Waals surface area contributed by atoms with E-state index >= 15 is 0 Å². The van der Waals surface area contributed by atoms with Gasteiger partial charge in [0, 0.05) is 10.9 Å². The van der Waals surface area contributed by atoms with E-state index in [1.54, 1.807) is 5.38 Å². The third-order valence-electron chi connectivity index (χ3n) is 2.62. The molecule has 0 spiro atoms. The van der Waals surface area contributed by atoms with Gasteiger partial charge < -0.3 is 0 Å². The van der Waals surface area contributed by atoms with Gasteiger partial charge in [-0.2, -0.15) is 8.42 Å². The van der Waals surface area contributed by atoms with Crippen LogP contribution in [-0.4, -0.2) is 18.0 Å². The van der Waals surface area contributed by atoms with Crippen LogP contribution < -0.4 is 0 Å². The second-order valence-corrected chi connectivity index (χ2v) is 7.71. The van der Waals surface area contributed by atoms with Crippen LogP contribution in [0.2, 0.25) is 0 Å². The monoisotopic (exact) mass is 311 g/mol. The normalized spacial score (nSPS) is 12.1. The van der Waals surface area contributed by atoms with Gasteiger partial charge in [0.2, 0.25) is 0 Å². The fourth-order valence-corrected chi connectivity index (χ4v) is 4.37. The number of hydrogen-bond donors (Lipinski definition) is 1. The second kappa shape index (κ2) is 4.38. The first-order chi connectivity index (χ1) is 8.93. The molecule has 0 saturated heterocycles. The van der Waals surface area contributed by atoms with Crippen molar-refractivity contribution in [3.05, 3.63) is 35.2 Å². The molecule has 0 bridgehead atoms. The van der Waals surface area contributed by atoms with Crippen LogP contribution in [0.25, 0.3) is 20.8 Å². The minimum Gasteiger partial charge on any atom is -0.281 e. The summed E-state index contributed by atoms with van der Waals surface area (Å²) in [5.41, 5.74) is 2.77. The van der Waals surface area contributed by atoms with E-state index in [1.807, 2.05) is 25.1 Å². The van der Waals surface area contributed by atoms with Crippen LogP contribution in [0.4, 0.5) is 0 Å². The molecule has 3 rings (SSSR count). The molecule has 0 unspecified atom stereocenters. The topological polar surface area (TPSA) is 67.3 Å². The molecule has 98 valence electrons. The lowest BCUT2D eigenvalue weighted by atomic mass is 10.2. The minimum absolute atomic E-state index is 0.0575. The van der Waals surface area contributed by atoms with Gasteiger partial charge in [0.05, 0.1) is 10.2 Å². The Hall–Kier alpha value is -1.28. The number of hydrogen-bond acceptors (Lipinski definition) is 5. The van der Waals surface area contributed by atoms with Gasteiger partial charge in [0.15, 0.2) is 0 Å². The summed E-state index contributed by atoms with van der Waals surface area (Å²) < 4.78 is 32.1. The number of aromatic nitrogens is 1. The fourth-order valence-electron chi connectivity index (χ4n) is 1.72. The van der Waals surface area contributed by atoms with Gasteiger partial charge >= 0.3 is 10.1 Å². The maximum atomic E-state index is 11.0. The first-order valence-corrected chi connectivity index (χ1v) is 8.51. The number of aryl methyl sites for hydroxylation is 1. The lowest BCUT2D eigenvalue weighted by Gasteiger charge is -1.88. The number of rotatable bonds is 2. The van der Waals surface area contributed by atoms with E-state index in [1.165, 1.54) is 17.4 Å². The Morgan fingerprint density at radius 1 is 1.26 bits per heavy atom. The first kappa shape index (κ1) is 12.7. The third kappa shape index (κ3) is 2.42. The Morgan fingerprint density at radius 2 is 2.05 bits per heavy atom. The molecule has 2 heterocycles. The van der Waals surface area contributed by atoms with Crippen molar-refractivity contribution in [2.45, 2.75) is 11.1 Å². The van der Waals surface area contributed by atoms with E-state index in [0.717, 1.165) is 37.7 Å². The molecule has 3 aromatic rings. The molecule has 0 saturated carbocycles. The van der Waals surface area contributed by atoms with Gasteiger partial charge in [0.1, 0.15) is 9.22 Å². The lowest BCUT2D eigenvalue weighted by molar-refractivity contribution is 0.485. The van der Waals surface area contributed by atoms with E-state index in [0.29, 0.717) is 0 Å². The maximum absolute atomic E-state index is 11.0. The predicted molar refractivity (Wildman–Crippen MR) is 77.5 cm³/mol. The zero-order valence-corrected chi connectivity index (χ0v) is 12.3. The van der Waals surface area contributed by atoms with Crippen molar-refractivity contribution >= 4 is 43.0 Å². The molecule has 4 nitrogen and oxygen atoms in total. The summed E-state index contributed by atoms with van der Waals surface area (Å²) in [5, 5.41) is 2.44. The predicted octanol–water partition coefficient (Wildman–Crippen LogP) is 3.58. The molecule has 19 heavy (non-hydrogen) atoms. The molecule has 7 heteroatoms. The highest BCUT2D eigenvalue weighted by Gasteiger charge is 2.15. The molecular weight excluding hydrogens is 302 g/mol. The number of thiophene rings is 1. The first-order valence-electron chi connectivity index (χ1n) is 5.37. The van der Waals surface area contributed by atoms with Crippen LogP contribution in [0, 0.1) is 6.92 Å². The van der Waals surface area contributed by atoms with Gasteiger partial charge in [-0.25, -0.2) is 4.98 Å². The average molecular weight is 311 g/mol. The van der Waals surface area contributed by atoms with Gasteiger partial charge in [-0.1, -0.05) is 6.07 Å². The van der Waals surface area contributed by atoms with Crippen LogP contribution in [0.5, 0.6) is 0 Å². The molecule has 0 aliphatic rings. The molecule has 0 aliphatic heterocycles. The maximum Gasteiger partial charge on any atom is 0.304 e. The zero-order chi connectivity index (χ0) is 13.6. The fraction of sp³-hybridized carbons (Fsp3) is 0.0833. The molecule has 0 atom stereocenters. The molecular formula is C12H9NO3S3. The van der Waals surface area contributed by atoms with E-state index < -0.39 is 10.1 Å². The number of thiazole rings is 1. The highest BCUT2D eigenvalue weighted by molar-refractivity contribution is 7.88. The summed E-state index contributed by atoms with van der Waals surface area (Å²) >= 11 is 2.50. The van der Waals surface area contributed by atoms with Crippen LogP contribution in [0.15, 0.2) is 33.9 Å². The van der Waals surface area contributed by atoms with E-state index in [2.05, 4.69) is 4.98 Å². The highest BCUT2D eigenvalue weighted by atomic mass is 32.3. The molecule has 0 aliphatic carbocycles. The molecule has 0 radical (unpaired) electrons. The second-order valence-electron chi connectivity index (χ2n) is 4.12. The van der Waals surface area contributed by atoms with Crippen LogP contribution in [-0.2, 0) is 10.1 Å². The van der Waals surface area contributed by atoms with E-state index in [9.17, 15) is 8.42 Å². The summed E-state index contributed by atoms with van der Waals surface area (Å²) in [6.45, 7) is 2.01. The Balaban J connectivity index is 2.11. The summed E-state index contributed by atoms with van der Waals surface area (Å²) in [6.07, 6.45) is 0. The van der Waals surface area contributed by atoms with Crippen LogP contribution in [0.1, 0.15) is 5.56 Å². The minimum atomic E-state index is -4.13. The molecule has 0 fully saturated rings. The Kier molecular flexibility index (Phi) is 2.94. The number of nitrogens with zero attached hydrogens (tertiary/aromatic N) is 1. The summed E-state index contributed by atoms with van der Waals surface area (Å²) in [6, 6.07) is 7.43. The van der Waals surface area contributed by atoms with Crippen molar-refractivity contribution < 1.29 is 13.0 Å². The molecule has 1 N–H and O–H groups in total. The van der Waals surface area contributed by atoms with Gasteiger partial charge in [0.25, 0.3) is 0 Å². The smallest absolute Gasteiger partial charge is 0.281 e. The van der Waals surface area contributed by atoms with Crippen LogP contribution >= 0.6 is 22.7 Å². The SMILES string of the molecule is Cc1ccc2nc(-c3csc(S(=O)(=O)O)c3)sc2c1. The summed E-state index contributed by atoms with van der Waals surface area (Å²) in [7, 11) is -4.13. The Morgan fingerprint density at radius 3 is 2.74 bits per heavy atom. The van der Waals surface area contributed by atoms with Crippen molar-refractivity contribution in [3.8, 4) is 10.6 Å². The number of fused-ring (bicyclic) bond motifs is 1. The van der Waals surface area contributed by atoms with E-state index in [-0.39, 0.29) is 4.21 Å². The zero-order valence-electron chi connectivity index (χ0n) is 9.82. The Labute approximate surface area is 118 Å². The standard InChI is InChI=1S/C12H9NO3S3/c1-7-2-3-9-10(4-7)18-12(13-9)8-5-11(17-6-8)19(14,15)16/h2-6H,1H3,(H,14,15,16). The van der Waals surface area contributed by atoms with Gasteiger partial charge in [-0.3, -0.25) is 4.55 Å². The van der Waals surface area contributed by atoms with Gasteiger partial charge in [-0.15, -0.1) is 22.7 Å².